The summed E-state index contributed by atoms with van der Waals surface area (Å²) in [7, 11) is 0. The zero-order chi connectivity index (χ0) is 17.9. The predicted octanol–water partition coefficient (Wildman–Crippen LogP) is 4.91. The molecule has 0 bridgehead atoms. The van der Waals surface area contributed by atoms with Crippen LogP contribution in [-0.2, 0) is 5.41 Å². The number of carbonyl (C=O) groups is 1. The molecule has 0 aliphatic carbocycles. The maximum absolute atomic E-state index is 12.3. The van der Waals surface area contributed by atoms with Crippen molar-refractivity contribution in [2.75, 3.05) is 5.32 Å². The normalized spacial score (nSPS) is 11.0. The van der Waals surface area contributed by atoms with Crippen LogP contribution < -0.4 is 10.6 Å². The Balaban J connectivity index is 2.02. The maximum atomic E-state index is 12.3. The number of anilines is 1. The summed E-state index contributed by atoms with van der Waals surface area (Å²) in [5.41, 5.74) is 5.13. The minimum Gasteiger partial charge on any atom is -0.342 e. The lowest BCUT2D eigenvalue weighted by Gasteiger charge is -2.19. The molecule has 0 heterocycles. The second kappa shape index (κ2) is 6.91. The summed E-state index contributed by atoms with van der Waals surface area (Å²) in [5, 5.41) is 5.93. The van der Waals surface area contributed by atoms with Crippen LogP contribution >= 0.6 is 0 Å². The standard InChI is InChI=1S/C21H26N2O/c1-14-11-15(2)13-19(12-14)22-16(3)23-20(24)17-7-9-18(10-8-17)21(4,5)6/h7-13,22H,3H2,1-2,4-6H3,(H,23,24). The van der Waals surface area contributed by atoms with Gasteiger partial charge in [0, 0.05) is 11.3 Å². The number of hydrogen-bond donors (Lipinski definition) is 2. The summed E-state index contributed by atoms with van der Waals surface area (Å²) < 4.78 is 0. The summed E-state index contributed by atoms with van der Waals surface area (Å²) in [6.07, 6.45) is 0. The molecule has 0 spiro atoms. The van der Waals surface area contributed by atoms with Gasteiger partial charge in [-0.25, -0.2) is 0 Å². The van der Waals surface area contributed by atoms with Crippen LogP contribution in [0.5, 0.6) is 0 Å². The van der Waals surface area contributed by atoms with Crippen LogP contribution in [0.2, 0.25) is 0 Å². The molecule has 3 heteroatoms. The van der Waals surface area contributed by atoms with Crippen molar-refractivity contribution in [1.82, 2.24) is 5.32 Å². The molecule has 0 aliphatic heterocycles. The number of aryl methyl sites for hydroxylation is 2. The predicted molar refractivity (Wildman–Crippen MR) is 101 cm³/mol. The van der Waals surface area contributed by atoms with Crippen molar-refractivity contribution in [3.05, 3.63) is 77.1 Å². The Morgan fingerprint density at radius 3 is 2.00 bits per heavy atom. The third-order valence-electron chi connectivity index (χ3n) is 3.79. The minimum atomic E-state index is -0.169. The fourth-order valence-corrected chi connectivity index (χ4v) is 2.58. The van der Waals surface area contributed by atoms with Crippen LogP contribution in [0.3, 0.4) is 0 Å². The highest BCUT2D eigenvalue weighted by Gasteiger charge is 2.14. The van der Waals surface area contributed by atoms with Gasteiger partial charge in [0.15, 0.2) is 0 Å². The van der Waals surface area contributed by atoms with Gasteiger partial charge in [0.1, 0.15) is 5.82 Å². The van der Waals surface area contributed by atoms with Crippen molar-refractivity contribution >= 4 is 11.6 Å². The second-order valence-electron chi connectivity index (χ2n) is 7.26. The van der Waals surface area contributed by atoms with E-state index >= 15 is 0 Å². The molecule has 2 N–H and O–H groups in total. The van der Waals surface area contributed by atoms with Crippen LogP contribution in [0.1, 0.15) is 47.8 Å². The molecule has 0 saturated heterocycles. The first-order valence-electron chi connectivity index (χ1n) is 8.11. The highest BCUT2D eigenvalue weighted by Crippen LogP contribution is 2.22. The molecule has 1 amide bonds. The lowest BCUT2D eigenvalue weighted by Crippen LogP contribution is -2.26. The Kier molecular flexibility index (Phi) is 5.13. The van der Waals surface area contributed by atoms with Gasteiger partial charge in [0.2, 0.25) is 0 Å². The van der Waals surface area contributed by atoms with Crippen molar-refractivity contribution in [3.8, 4) is 0 Å². The highest BCUT2D eigenvalue weighted by atomic mass is 16.1. The Morgan fingerprint density at radius 2 is 1.50 bits per heavy atom. The molecule has 2 aromatic carbocycles. The molecule has 24 heavy (non-hydrogen) atoms. The topological polar surface area (TPSA) is 41.1 Å². The van der Waals surface area contributed by atoms with E-state index in [4.69, 9.17) is 0 Å². The van der Waals surface area contributed by atoms with E-state index in [-0.39, 0.29) is 11.3 Å². The quantitative estimate of drug-likeness (QED) is 0.839. The molecule has 2 aromatic rings. The van der Waals surface area contributed by atoms with Gasteiger partial charge < -0.3 is 10.6 Å². The molecule has 2 rings (SSSR count). The number of nitrogens with one attached hydrogen (secondary N) is 2. The number of carbonyl (C=O) groups excluding carboxylic acids is 1. The molecule has 126 valence electrons. The molecule has 0 atom stereocenters. The minimum absolute atomic E-state index is 0.0726. The third-order valence-corrected chi connectivity index (χ3v) is 3.79. The summed E-state index contributed by atoms with van der Waals surface area (Å²) in [5.74, 6) is 0.294. The van der Waals surface area contributed by atoms with Gasteiger partial charge in [-0.3, -0.25) is 4.79 Å². The van der Waals surface area contributed by atoms with E-state index in [2.05, 4.69) is 44.1 Å². The Morgan fingerprint density at radius 1 is 0.958 bits per heavy atom. The van der Waals surface area contributed by atoms with Gasteiger partial charge in [-0.2, -0.15) is 0 Å². The molecular formula is C21H26N2O. The Hall–Kier alpha value is -2.55. The third kappa shape index (κ3) is 4.72. The van der Waals surface area contributed by atoms with Gasteiger partial charge in [-0.15, -0.1) is 0 Å². The number of hydrogen-bond acceptors (Lipinski definition) is 2. The lowest BCUT2D eigenvalue weighted by atomic mass is 9.87. The first-order chi connectivity index (χ1) is 11.1. The monoisotopic (exact) mass is 322 g/mol. The Labute approximate surface area is 144 Å². The molecular weight excluding hydrogens is 296 g/mol. The lowest BCUT2D eigenvalue weighted by molar-refractivity contribution is 0.0966. The van der Waals surface area contributed by atoms with Crippen molar-refractivity contribution < 1.29 is 4.79 Å². The SMILES string of the molecule is C=C(NC(=O)c1ccc(C(C)(C)C)cc1)Nc1cc(C)cc(C)c1. The zero-order valence-corrected chi connectivity index (χ0v) is 15.2. The highest BCUT2D eigenvalue weighted by molar-refractivity contribution is 5.95. The first kappa shape index (κ1) is 17.8. The van der Waals surface area contributed by atoms with E-state index in [9.17, 15) is 4.79 Å². The Bertz CT molecular complexity index is 732. The van der Waals surface area contributed by atoms with E-state index in [0.717, 1.165) is 16.8 Å². The van der Waals surface area contributed by atoms with E-state index < -0.39 is 0 Å². The van der Waals surface area contributed by atoms with Gasteiger partial charge in [0.05, 0.1) is 0 Å². The molecule has 3 nitrogen and oxygen atoms in total. The van der Waals surface area contributed by atoms with Crippen LogP contribution in [0.25, 0.3) is 0 Å². The maximum Gasteiger partial charge on any atom is 0.256 e. The van der Waals surface area contributed by atoms with Gasteiger partial charge in [0.25, 0.3) is 5.91 Å². The summed E-state index contributed by atoms with van der Waals surface area (Å²) >= 11 is 0. The average Bonchev–Trinajstić information content (AvgIpc) is 2.45. The van der Waals surface area contributed by atoms with Crippen molar-refractivity contribution in [3.63, 3.8) is 0 Å². The largest absolute Gasteiger partial charge is 0.342 e. The first-order valence-corrected chi connectivity index (χ1v) is 8.11. The van der Waals surface area contributed by atoms with Crippen LogP contribution in [0.15, 0.2) is 54.9 Å². The van der Waals surface area contributed by atoms with Crippen molar-refractivity contribution in [2.45, 2.75) is 40.0 Å². The number of benzene rings is 2. The van der Waals surface area contributed by atoms with E-state index in [0.29, 0.717) is 11.4 Å². The van der Waals surface area contributed by atoms with Gasteiger partial charge in [-0.1, -0.05) is 45.5 Å². The smallest absolute Gasteiger partial charge is 0.256 e. The molecule has 0 fully saturated rings. The fraction of sp³-hybridized carbons (Fsp3) is 0.286. The number of amides is 1. The molecule has 0 aromatic heterocycles. The summed E-state index contributed by atoms with van der Waals surface area (Å²) in [4.78, 5) is 12.3. The summed E-state index contributed by atoms with van der Waals surface area (Å²) in [6, 6.07) is 13.8. The summed E-state index contributed by atoms with van der Waals surface area (Å²) in [6.45, 7) is 14.4. The van der Waals surface area contributed by atoms with E-state index in [1.54, 1.807) is 0 Å². The molecule has 0 unspecified atom stereocenters. The molecule has 0 aliphatic rings. The van der Waals surface area contributed by atoms with Crippen molar-refractivity contribution in [2.24, 2.45) is 0 Å². The van der Waals surface area contributed by atoms with E-state index in [1.165, 1.54) is 5.56 Å². The van der Waals surface area contributed by atoms with Gasteiger partial charge in [-0.05, 0) is 60.2 Å². The fourth-order valence-electron chi connectivity index (χ4n) is 2.58. The zero-order valence-electron chi connectivity index (χ0n) is 15.2. The van der Waals surface area contributed by atoms with Gasteiger partial charge >= 0.3 is 0 Å². The van der Waals surface area contributed by atoms with Crippen LogP contribution in [-0.4, -0.2) is 5.91 Å². The molecule has 0 saturated carbocycles. The van der Waals surface area contributed by atoms with Crippen LogP contribution in [0.4, 0.5) is 5.69 Å². The van der Waals surface area contributed by atoms with Crippen molar-refractivity contribution in [1.29, 1.82) is 0 Å². The van der Waals surface area contributed by atoms with E-state index in [1.807, 2.05) is 50.2 Å². The van der Waals surface area contributed by atoms with Crippen LogP contribution in [0, 0.1) is 13.8 Å². The average molecular weight is 322 g/mol. The molecule has 0 radical (unpaired) electrons. The number of rotatable bonds is 4. The second-order valence-corrected chi connectivity index (χ2v) is 7.26.